The van der Waals surface area contributed by atoms with Crippen LogP contribution in [0, 0.1) is 0 Å². The molecular weight excluding hydrogens is 482 g/mol. The number of nitrogens with zero attached hydrogens (tertiary/aromatic N) is 1. The third-order valence-electron chi connectivity index (χ3n) is 6.90. The number of amides is 4. The molecule has 0 aliphatic carbocycles. The third kappa shape index (κ3) is 6.39. The van der Waals surface area contributed by atoms with Gasteiger partial charge in [0.1, 0.15) is 6.04 Å². The first-order valence-corrected chi connectivity index (χ1v) is 15.2. The van der Waals surface area contributed by atoms with Crippen molar-refractivity contribution < 1.29 is 33.1 Å². The van der Waals surface area contributed by atoms with Crippen molar-refractivity contribution in [2.24, 2.45) is 0 Å². The van der Waals surface area contributed by atoms with Gasteiger partial charge in [0.25, 0.3) is 11.8 Å². The van der Waals surface area contributed by atoms with Gasteiger partial charge >= 0.3 is 0 Å². The zero-order chi connectivity index (χ0) is 26.5. The van der Waals surface area contributed by atoms with E-state index in [1.807, 2.05) is 0 Å². The quantitative estimate of drug-likeness (QED) is 0.245. The Morgan fingerprint density at radius 2 is 1.67 bits per heavy atom. The zero-order valence-electron chi connectivity index (χ0n) is 21.8. The number of hydrogen-bond acceptors (Lipinski definition) is 8. The molecule has 1 aromatic rings. The summed E-state index contributed by atoms with van der Waals surface area (Å²) in [6, 6.07) is 3.97. The average molecular weight is 520 g/mol. The average Bonchev–Trinajstić information content (AvgIpc) is 3.05. The van der Waals surface area contributed by atoms with Crippen LogP contribution in [0.1, 0.15) is 54.3 Å². The van der Waals surface area contributed by atoms with E-state index in [4.69, 9.17) is 13.9 Å². The van der Waals surface area contributed by atoms with Gasteiger partial charge < -0.3 is 19.2 Å². The number of rotatable bonds is 12. The molecule has 10 nitrogen and oxygen atoms in total. The highest BCUT2D eigenvalue weighted by molar-refractivity contribution is 6.74. The van der Waals surface area contributed by atoms with Gasteiger partial charge in [-0.15, -0.1) is 0 Å². The number of ether oxygens (including phenoxy) is 2. The zero-order valence-corrected chi connectivity index (χ0v) is 22.8. The van der Waals surface area contributed by atoms with E-state index in [2.05, 4.69) is 44.5 Å². The van der Waals surface area contributed by atoms with Gasteiger partial charge in [-0.1, -0.05) is 26.8 Å². The predicted octanol–water partition coefficient (Wildman–Crippen LogP) is 2.55. The van der Waals surface area contributed by atoms with Gasteiger partial charge in [-0.05, 0) is 36.7 Å². The number of nitrogens with one attached hydrogen (secondary N) is 2. The van der Waals surface area contributed by atoms with E-state index in [0.717, 1.165) is 4.90 Å². The Bertz CT molecular complexity index is 1010. The Morgan fingerprint density at radius 1 is 1.00 bits per heavy atom. The summed E-state index contributed by atoms with van der Waals surface area (Å²) in [5, 5.41) is 5.51. The minimum Gasteiger partial charge on any atom is -0.414 e. The molecule has 2 N–H and O–H groups in total. The summed E-state index contributed by atoms with van der Waals surface area (Å²) in [4.78, 5) is 50.6. The van der Waals surface area contributed by atoms with E-state index in [9.17, 15) is 19.2 Å². The number of carbonyl (C=O) groups is 4. The van der Waals surface area contributed by atoms with E-state index in [-0.39, 0.29) is 29.0 Å². The molecule has 1 fully saturated rings. The number of fused-ring (bicyclic) bond motifs is 1. The number of imide groups is 2. The fraction of sp³-hybridized carbons (Fsp3) is 0.600. The van der Waals surface area contributed by atoms with E-state index in [1.54, 1.807) is 18.2 Å². The van der Waals surface area contributed by atoms with Crippen molar-refractivity contribution >= 4 is 37.6 Å². The number of carbonyl (C=O) groups excluding carboxylic acids is 4. The van der Waals surface area contributed by atoms with Crippen LogP contribution in [0.15, 0.2) is 18.2 Å². The molecule has 0 spiro atoms. The first-order valence-electron chi connectivity index (χ1n) is 12.3. The molecule has 0 radical (unpaired) electrons. The molecule has 0 saturated carbocycles. The summed E-state index contributed by atoms with van der Waals surface area (Å²) in [7, 11) is -1.76. The van der Waals surface area contributed by atoms with Crippen LogP contribution in [0.3, 0.4) is 0 Å². The van der Waals surface area contributed by atoms with Gasteiger partial charge in [0.05, 0.1) is 44.2 Å². The summed E-state index contributed by atoms with van der Waals surface area (Å²) < 4.78 is 17.3. The van der Waals surface area contributed by atoms with E-state index >= 15 is 0 Å². The van der Waals surface area contributed by atoms with Crippen LogP contribution < -0.4 is 10.6 Å². The van der Waals surface area contributed by atoms with Crippen molar-refractivity contribution in [1.29, 1.82) is 0 Å². The summed E-state index contributed by atoms with van der Waals surface area (Å²) in [5.41, 5.74) is 0.976. The van der Waals surface area contributed by atoms with Crippen LogP contribution in [-0.4, -0.2) is 82.5 Å². The van der Waals surface area contributed by atoms with Crippen LogP contribution in [0.5, 0.6) is 0 Å². The molecule has 198 valence electrons. The summed E-state index contributed by atoms with van der Waals surface area (Å²) in [6.45, 7) is 13.8. The molecule has 2 heterocycles. The molecule has 4 amide bonds. The molecule has 3 rings (SSSR count). The first-order chi connectivity index (χ1) is 16.9. The maximum Gasteiger partial charge on any atom is 0.264 e. The van der Waals surface area contributed by atoms with Crippen LogP contribution in [0.4, 0.5) is 5.69 Å². The Labute approximate surface area is 213 Å². The maximum absolute atomic E-state index is 13.1. The Kier molecular flexibility index (Phi) is 9.04. The molecule has 1 aromatic carbocycles. The van der Waals surface area contributed by atoms with Crippen molar-refractivity contribution in [1.82, 2.24) is 10.2 Å². The highest BCUT2D eigenvalue weighted by Crippen LogP contribution is 2.36. The van der Waals surface area contributed by atoms with Crippen LogP contribution >= 0.6 is 0 Å². The molecule has 1 unspecified atom stereocenters. The largest absolute Gasteiger partial charge is 0.414 e. The Balaban J connectivity index is 1.40. The van der Waals surface area contributed by atoms with E-state index in [0.29, 0.717) is 45.3 Å². The van der Waals surface area contributed by atoms with Gasteiger partial charge in [-0.25, -0.2) is 0 Å². The lowest BCUT2D eigenvalue weighted by Gasteiger charge is -2.36. The molecule has 1 saturated heterocycles. The minimum atomic E-state index is -1.76. The predicted molar refractivity (Wildman–Crippen MR) is 136 cm³/mol. The van der Waals surface area contributed by atoms with Gasteiger partial charge in [0.2, 0.25) is 11.8 Å². The Morgan fingerprint density at radius 3 is 2.33 bits per heavy atom. The Hall–Kier alpha value is -2.60. The lowest BCUT2D eigenvalue weighted by molar-refractivity contribution is -0.136. The number of anilines is 1. The molecule has 0 aromatic heterocycles. The lowest BCUT2D eigenvalue weighted by atomic mass is 10.0. The molecular formula is C25H37N3O7Si. The lowest BCUT2D eigenvalue weighted by Crippen LogP contribution is -2.54. The van der Waals surface area contributed by atoms with Crippen molar-refractivity contribution in [2.75, 3.05) is 44.9 Å². The van der Waals surface area contributed by atoms with Crippen molar-refractivity contribution in [3.8, 4) is 0 Å². The second-order valence-corrected chi connectivity index (χ2v) is 15.2. The van der Waals surface area contributed by atoms with E-state index in [1.165, 1.54) is 0 Å². The van der Waals surface area contributed by atoms with Gasteiger partial charge in [0.15, 0.2) is 8.32 Å². The normalized spacial score (nSPS) is 18.5. The topological polar surface area (TPSA) is 123 Å². The fourth-order valence-electron chi connectivity index (χ4n) is 3.81. The van der Waals surface area contributed by atoms with Crippen molar-refractivity contribution in [2.45, 2.75) is 57.8 Å². The van der Waals surface area contributed by atoms with E-state index < -0.39 is 38.0 Å². The fourth-order valence-corrected chi connectivity index (χ4v) is 4.84. The van der Waals surface area contributed by atoms with Gasteiger partial charge in [0, 0.05) is 18.7 Å². The smallest absolute Gasteiger partial charge is 0.264 e. The monoisotopic (exact) mass is 519 g/mol. The number of hydrogen-bond donors (Lipinski definition) is 2. The molecule has 36 heavy (non-hydrogen) atoms. The van der Waals surface area contributed by atoms with Crippen LogP contribution in [0.2, 0.25) is 18.1 Å². The highest BCUT2D eigenvalue weighted by Gasteiger charge is 2.45. The standard InChI is InChI=1S/C25H37N3O7Si/c1-25(2,3)36(4,5)35-16-15-34-14-13-33-12-11-26-18-8-6-7-17-21(18)24(32)28(23(17)31)19-9-10-20(29)27-22(19)30/h6-8,19,26H,9-16H2,1-5H3,(H,27,29,30). The second kappa shape index (κ2) is 11.6. The summed E-state index contributed by atoms with van der Waals surface area (Å²) in [5.74, 6) is -2.10. The summed E-state index contributed by atoms with van der Waals surface area (Å²) in [6.07, 6.45) is 0.205. The van der Waals surface area contributed by atoms with Crippen LogP contribution in [0.25, 0.3) is 0 Å². The van der Waals surface area contributed by atoms with Crippen LogP contribution in [-0.2, 0) is 23.5 Å². The molecule has 11 heteroatoms. The third-order valence-corrected chi connectivity index (χ3v) is 11.4. The molecule has 1 atom stereocenters. The SMILES string of the molecule is CC(C)(C)[Si](C)(C)OCCOCCOCCNc1cccc2c1C(=O)N(C1CCC(=O)NC1=O)C2=O. The maximum atomic E-state index is 13.1. The number of piperidine rings is 1. The van der Waals surface area contributed by atoms with Crippen molar-refractivity contribution in [3.05, 3.63) is 29.3 Å². The number of benzene rings is 1. The molecule has 0 bridgehead atoms. The first kappa shape index (κ1) is 28.0. The molecule has 2 aliphatic rings. The van der Waals surface area contributed by atoms with Gasteiger partial charge in [-0.3, -0.25) is 29.4 Å². The van der Waals surface area contributed by atoms with Gasteiger partial charge in [-0.2, -0.15) is 0 Å². The van der Waals surface area contributed by atoms with Crippen molar-refractivity contribution in [3.63, 3.8) is 0 Å². The highest BCUT2D eigenvalue weighted by atomic mass is 28.4. The molecule has 2 aliphatic heterocycles. The second-order valence-electron chi connectivity index (χ2n) is 10.4. The minimum absolute atomic E-state index is 0.0830. The summed E-state index contributed by atoms with van der Waals surface area (Å²) >= 11 is 0.